The average Bonchev–Trinajstić information content (AvgIpc) is 2.98. The second kappa shape index (κ2) is 10.1. The first-order chi connectivity index (χ1) is 16.3. The highest BCUT2D eigenvalue weighted by molar-refractivity contribution is 7.89. The van der Waals surface area contributed by atoms with Crippen molar-refractivity contribution in [2.75, 3.05) is 0 Å². The minimum atomic E-state index is -3.72. The van der Waals surface area contributed by atoms with Gasteiger partial charge < -0.3 is 0 Å². The maximum absolute atomic E-state index is 14.3. The fraction of sp³-hybridized carbons (Fsp3) is 0.690. The molecule has 1 heterocycles. The molecule has 0 amide bonds. The number of rotatable bonds is 6. The van der Waals surface area contributed by atoms with Crippen LogP contribution in [0, 0.1) is 24.2 Å². The van der Waals surface area contributed by atoms with Crippen LogP contribution in [0.2, 0.25) is 16.6 Å². The highest BCUT2D eigenvalue weighted by atomic mass is 32.2. The normalized spacial score (nSPS) is 25.0. The van der Waals surface area contributed by atoms with Crippen LogP contribution in [0.1, 0.15) is 93.1 Å². The molecule has 2 atom stereocenters. The summed E-state index contributed by atoms with van der Waals surface area (Å²) in [4.78, 5) is 0.368. The second-order valence-electron chi connectivity index (χ2n) is 12.0. The molecule has 1 saturated carbocycles. The first-order valence-electron chi connectivity index (χ1n) is 13.6. The van der Waals surface area contributed by atoms with Gasteiger partial charge in [-0.3, -0.25) is 0 Å². The summed E-state index contributed by atoms with van der Waals surface area (Å²) < 4.78 is 30.5. The van der Waals surface area contributed by atoms with Crippen molar-refractivity contribution in [2.24, 2.45) is 5.92 Å². The molecule has 1 aromatic carbocycles. The molecule has 3 rings (SSSR count). The molecule has 2 unspecified atom stereocenters. The molecule has 0 radical (unpaired) electrons. The zero-order chi connectivity index (χ0) is 26.3. The molecule has 1 saturated heterocycles. The van der Waals surface area contributed by atoms with Crippen molar-refractivity contribution >= 4 is 18.1 Å². The van der Waals surface area contributed by atoms with E-state index in [0.29, 0.717) is 21.5 Å². The van der Waals surface area contributed by atoms with Crippen molar-refractivity contribution < 1.29 is 8.42 Å². The number of aryl methyl sites for hydroxylation is 1. The molecule has 0 N–H and O–H groups in total. The molecule has 6 heteroatoms. The summed E-state index contributed by atoms with van der Waals surface area (Å²) in [6, 6.07) is 9.88. The topological polar surface area (TPSA) is 61.2 Å². The Bertz CT molecular complexity index is 1070. The monoisotopic (exact) mass is 514 g/mol. The van der Waals surface area contributed by atoms with Gasteiger partial charge >= 0.3 is 0 Å². The van der Waals surface area contributed by atoms with E-state index in [-0.39, 0.29) is 12.0 Å². The lowest BCUT2D eigenvalue weighted by Gasteiger charge is -2.48. The summed E-state index contributed by atoms with van der Waals surface area (Å²) in [5.41, 5.74) is 2.82. The maximum atomic E-state index is 14.3. The Balaban J connectivity index is 2.40. The van der Waals surface area contributed by atoms with E-state index < -0.39 is 23.6 Å². The molecular weight excluding hydrogens is 468 g/mol. The van der Waals surface area contributed by atoms with Gasteiger partial charge in [0.25, 0.3) is 0 Å². The van der Waals surface area contributed by atoms with Crippen molar-refractivity contribution in [1.29, 1.82) is 5.26 Å². The molecule has 0 aromatic heterocycles. The fourth-order valence-electron chi connectivity index (χ4n) is 7.99. The summed E-state index contributed by atoms with van der Waals surface area (Å²) >= 11 is 0. The van der Waals surface area contributed by atoms with E-state index in [4.69, 9.17) is 0 Å². The fourth-order valence-corrected chi connectivity index (χ4v) is 16.9. The van der Waals surface area contributed by atoms with Gasteiger partial charge in [-0.15, -0.1) is 0 Å². The third kappa shape index (κ3) is 4.26. The summed E-state index contributed by atoms with van der Waals surface area (Å²) in [7, 11) is -6.00. The van der Waals surface area contributed by atoms with E-state index in [9.17, 15) is 13.7 Å². The molecular formula is C29H46N2O2SSi. The number of hydrogen-bond donors (Lipinski definition) is 0. The first kappa shape index (κ1) is 28.2. The van der Waals surface area contributed by atoms with Gasteiger partial charge in [-0.25, -0.2) is 8.42 Å². The molecule has 1 aliphatic carbocycles. The third-order valence-electron chi connectivity index (χ3n) is 9.41. The first-order valence-corrected chi connectivity index (χ1v) is 17.2. The smallest absolute Gasteiger partial charge is 0.207 e. The van der Waals surface area contributed by atoms with Crippen LogP contribution in [0.3, 0.4) is 0 Å². The van der Waals surface area contributed by atoms with Crippen molar-refractivity contribution in [3.05, 3.63) is 40.6 Å². The maximum Gasteiger partial charge on any atom is 0.244 e. The average molecular weight is 515 g/mol. The number of nitriles is 1. The van der Waals surface area contributed by atoms with Crippen LogP contribution in [0.4, 0.5) is 0 Å². The standard InChI is InChI=1S/C29H46N2O2SSi/c1-20(2)35(21(3)4,22(5)6)27(19-30)28-24(8)25(9)31(29(28)17-11-10-12-18-29)34(32,33)26-15-13-23(7)14-16-26/h13-16,20-22,24-25H,10-12,17-18H2,1-9H3/b28-27-. The van der Waals surface area contributed by atoms with Crippen LogP contribution in [0.25, 0.3) is 0 Å². The Hall–Kier alpha value is -1.42. The van der Waals surface area contributed by atoms with Gasteiger partial charge in [0.2, 0.25) is 10.0 Å². The number of sulfonamides is 1. The summed E-state index contributed by atoms with van der Waals surface area (Å²) in [5.74, 6) is 0.0195. The Kier molecular flexibility index (Phi) is 8.16. The van der Waals surface area contributed by atoms with Crippen LogP contribution in [0.5, 0.6) is 0 Å². The molecule has 35 heavy (non-hydrogen) atoms. The Morgan fingerprint density at radius 2 is 1.46 bits per heavy atom. The van der Waals surface area contributed by atoms with E-state index in [1.54, 1.807) is 12.1 Å². The van der Waals surface area contributed by atoms with Gasteiger partial charge in [0, 0.05) is 11.2 Å². The van der Waals surface area contributed by atoms with Crippen molar-refractivity contribution in [3.63, 3.8) is 0 Å². The summed E-state index contributed by atoms with van der Waals surface area (Å²) in [6.07, 6.45) is 4.75. The predicted molar refractivity (Wildman–Crippen MR) is 148 cm³/mol. The molecule has 2 fully saturated rings. The highest BCUT2D eigenvalue weighted by Crippen LogP contribution is 2.57. The molecule has 1 aromatic rings. The Morgan fingerprint density at radius 3 is 1.89 bits per heavy atom. The second-order valence-corrected chi connectivity index (χ2v) is 19.7. The van der Waals surface area contributed by atoms with Crippen LogP contribution >= 0.6 is 0 Å². The number of hydrogen-bond acceptors (Lipinski definition) is 3. The molecule has 0 bridgehead atoms. The Labute approximate surface area is 215 Å². The quantitative estimate of drug-likeness (QED) is 0.288. The van der Waals surface area contributed by atoms with Gasteiger partial charge in [0.05, 0.1) is 16.5 Å². The van der Waals surface area contributed by atoms with Crippen molar-refractivity contribution in [1.82, 2.24) is 4.31 Å². The van der Waals surface area contributed by atoms with Gasteiger partial charge in [-0.05, 0) is 66.9 Å². The molecule has 1 aliphatic heterocycles. The molecule has 194 valence electrons. The minimum absolute atomic E-state index is 0.0195. The molecule has 4 nitrogen and oxygen atoms in total. The van der Waals surface area contributed by atoms with Crippen LogP contribution in [-0.2, 0) is 10.0 Å². The number of allylic oxidation sites excluding steroid dienone is 1. The van der Waals surface area contributed by atoms with E-state index in [1.807, 2.05) is 23.4 Å². The van der Waals surface area contributed by atoms with E-state index in [2.05, 4.69) is 61.5 Å². The van der Waals surface area contributed by atoms with Gasteiger partial charge in [0.1, 0.15) is 8.07 Å². The van der Waals surface area contributed by atoms with E-state index in [0.717, 1.165) is 42.9 Å². The van der Waals surface area contributed by atoms with Crippen molar-refractivity contribution in [2.45, 2.75) is 128 Å². The van der Waals surface area contributed by atoms with E-state index in [1.165, 1.54) is 5.57 Å². The highest BCUT2D eigenvalue weighted by Gasteiger charge is 2.60. The minimum Gasteiger partial charge on any atom is -0.207 e. The summed E-state index contributed by atoms with van der Waals surface area (Å²) in [6.45, 7) is 20.0. The molecule has 2 aliphatic rings. The predicted octanol–water partition coefficient (Wildman–Crippen LogP) is 7.77. The Morgan fingerprint density at radius 1 is 0.971 bits per heavy atom. The lowest BCUT2D eigenvalue weighted by Crippen LogP contribution is -2.54. The van der Waals surface area contributed by atoms with Gasteiger partial charge in [-0.2, -0.15) is 9.57 Å². The zero-order valence-electron chi connectivity index (χ0n) is 23.4. The number of benzene rings is 1. The number of nitrogens with zero attached hydrogens (tertiary/aromatic N) is 2. The lowest BCUT2D eigenvalue weighted by molar-refractivity contribution is 0.174. The van der Waals surface area contributed by atoms with Gasteiger partial charge in [0.15, 0.2) is 0 Å². The summed E-state index contributed by atoms with van der Waals surface area (Å²) in [5, 5.41) is 11.9. The van der Waals surface area contributed by atoms with Crippen LogP contribution in [0.15, 0.2) is 39.9 Å². The van der Waals surface area contributed by atoms with Crippen LogP contribution in [-0.4, -0.2) is 32.4 Å². The van der Waals surface area contributed by atoms with Crippen LogP contribution < -0.4 is 0 Å². The molecule has 1 spiro atoms. The van der Waals surface area contributed by atoms with Gasteiger partial charge in [-0.1, -0.05) is 85.4 Å². The van der Waals surface area contributed by atoms with Crippen molar-refractivity contribution in [3.8, 4) is 6.07 Å². The SMILES string of the molecule is Cc1ccc(S(=O)(=O)N2C(C)C(C)/C(=C(\C#N)[Si](C(C)C)(C(C)C)C(C)C)C23CCCCC3)cc1. The zero-order valence-corrected chi connectivity index (χ0v) is 25.2. The van der Waals surface area contributed by atoms with E-state index >= 15 is 0 Å². The third-order valence-corrected chi connectivity index (χ3v) is 18.5. The lowest BCUT2D eigenvalue weighted by atomic mass is 9.75. The largest absolute Gasteiger partial charge is 0.244 e.